The van der Waals surface area contributed by atoms with Crippen molar-refractivity contribution in [2.24, 2.45) is 0 Å². The maximum Gasteiger partial charge on any atom is 0.204 e. The van der Waals surface area contributed by atoms with Gasteiger partial charge in [-0.15, -0.1) is 0 Å². The Labute approximate surface area is 197 Å². The number of piperidine rings is 1. The van der Waals surface area contributed by atoms with E-state index >= 15 is 0 Å². The quantitative estimate of drug-likeness (QED) is 0.325. The van der Waals surface area contributed by atoms with Crippen molar-refractivity contribution in [2.75, 3.05) is 36.8 Å². The van der Waals surface area contributed by atoms with E-state index in [0.29, 0.717) is 12.6 Å². The summed E-state index contributed by atoms with van der Waals surface area (Å²) in [5.41, 5.74) is 4.00. The molecule has 0 bridgehead atoms. The molecule has 1 aliphatic heterocycles. The fourth-order valence-electron chi connectivity index (χ4n) is 4.66. The van der Waals surface area contributed by atoms with Crippen LogP contribution in [-0.2, 0) is 6.54 Å². The Bertz CT molecular complexity index is 1330. The Kier molecular flexibility index (Phi) is 5.60. The van der Waals surface area contributed by atoms with Crippen LogP contribution in [0.2, 0.25) is 0 Å². The summed E-state index contributed by atoms with van der Waals surface area (Å²) in [6.45, 7) is 4.62. The Morgan fingerprint density at radius 2 is 1.94 bits per heavy atom. The summed E-state index contributed by atoms with van der Waals surface area (Å²) >= 11 is 0. The number of hydrogen-bond donors (Lipinski definition) is 3. The molecule has 34 heavy (non-hydrogen) atoms. The summed E-state index contributed by atoms with van der Waals surface area (Å²) in [4.78, 5) is 19.3. The van der Waals surface area contributed by atoms with E-state index in [1.165, 1.54) is 0 Å². The third kappa shape index (κ3) is 4.34. The molecule has 5 heterocycles. The van der Waals surface area contributed by atoms with Gasteiger partial charge in [0.25, 0.3) is 0 Å². The standard InChI is InChI=1S/C25H28N8O/c1-2-6-23-21(5-1)31-25(33(23)17-19-4-3-15-34-19)28-18-8-12-32(13-9-18)14-11-27-24-29-20-7-10-26-16-22(20)30-24/h1-7,10,15-16,18H,8-9,11-14,17H2,(H,28,31)(H2,27,29,30). The lowest BCUT2D eigenvalue weighted by Crippen LogP contribution is -2.41. The number of H-pyrrole nitrogens is 1. The number of imidazole rings is 2. The van der Waals surface area contributed by atoms with Crippen LogP contribution >= 0.6 is 0 Å². The molecule has 4 aromatic heterocycles. The molecular formula is C25H28N8O. The van der Waals surface area contributed by atoms with Gasteiger partial charge in [-0.2, -0.15) is 0 Å². The van der Waals surface area contributed by atoms with E-state index in [9.17, 15) is 0 Å². The summed E-state index contributed by atoms with van der Waals surface area (Å²) in [6.07, 6.45) is 7.45. The van der Waals surface area contributed by atoms with Crippen LogP contribution in [0.25, 0.3) is 22.1 Å². The molecule has 6 rings (SSSR count). The zero-order valence-electron chi connectivity index (χ0n) is 18.9. The Hall–Kier alpha value is -3.85. The minimum Gasteiger partial charge on any atom is -0.467 e. The molecule has 0 unspecified atom stereocenters. The summed E-state index contributed by atoms with van der Waals surface area (Å²) < 4.78 is 7.82. The van der Waals surface area contributed by atoms with Gasteiger partial charge in [0, 0.05) is 38.4 Å². The second-order valence-corrected chi connectivity index (χ2v) is 8.75. The normalized spacial score (nSPS) is 15.3. The highest BCUT2D eigenvalue weighted by Crippen LogP contribution is 2.24. The number of nitrogens with zero attached hydrogens (tertiary/aromatic N) is 5. The molecule has 1 aromatic carbocycles. The number of para-hydroxylation sites is 2. The number of likely N-dealkylation sites (tertiary alicyclic amines) is 1. The Morgan fingerprint density at radius 3 is 2.79 bits per heavy atom. The zero-order valence-corrected chi connectivity index (χ0v) is 18.9. The second kappa shape index (κ2) is 9.18. The average Bonchev–Trinajstić information content (AvgIpc) is 3.60. The maximum atomic E-state index is 5.60. The average molecular weight is 457 g/mol. The van der Waals surface area contributed by atoms with Crippen molar-refractivity contribution in [2.45, 2.75) is 25.4 Å². The first-order chi connectivity index (χ1) is 16.8. The summed E-state index contributed by atoms with van der Waals surface area (Å²) in [6, 6.07) is 14.5. The molecule has 1 aliphatic rings. The van der Waals surface area contributed by atoms with E-state index in [1.54, 1.807) is 18.7 Å². The lowest BCUT2D eigenvalue weighted by molar-refractivity contribution is 0.226. The van der Waals surface area contributed by atoms with Gasteiger partial charge in [-0.3, -0.25) is 4.98 Å². The van der Waals surface area contributed by atoms with Crippen LogP contribution in [0, 0.1) is 0 Å². The van der Waals surface area contributed by atoms with Crippen molar-refractivity contribution in [3.63, 3.8) is 0 Å². The molecular weight excluding hydrogens is 428 g/mol. The molecule has 174 valence electrons. The number of aromatic amines is 1. The first kappa shape index (κ1) is 20.7. The minimum atomic E-state index is 0.402. The van der Waals surface area contributed by atoms with Crippen LogP contribution in [0.1, 0.15) is 18.6 Å². The van der Waals surface area contributed by atoms with Crippen molar-refractivity contribution in [1.29, 1.82) is 0 Å². The van der Waals surface area contributed by atoms with Crippen molar-refractivity contribution in [3.8, 4) is 0 Å². The predicted molar refractivity (Wildman–Crippen MR) is 133 cm³/mol. The highest BCUT2D eigenvalue weighted by Gasteiger charge is 2.21. The molecule has 0 atom stereocenters. The number of rotatable bonds is 8. The largest absolute Gasteiger partial charge is 0.467 e. The number of nitrogens with one attached hydrogen (secondary N) is 3. The van der Waals surface area contributed by atoms with E-state index in [4.69, 9.17) is 9.40 Å². The smallest absolute Gasteiger partial charge is 0.204 e. The molecule has 0 spiro atoms. The summed E-state index contributed by atoms with van der Waals surface area (Å²) in [5, 5.41) is 7.12. The van der Waals surface area contributed by atoms with E-state index in [0.717, 1.165) is 78.7 Å². The third-order valence-corrected chi connectivity index (χ3v) is 6.47. The van der Waals surface area contributed by atoms with Gasteiger partial charge in [0.05, 0.1) is 41.1 Å². The van der Waals surface area contributed by atoms with Crippen LogP contribution in [0.3, 0.4) is 0 Å². The molecule has 0 saturated carbocycles. The van der Waals surface area contributed by atoms with E-state index in [-0.39, 0.29) is 0 Å². The molecule has 5 aromatic rings. The SMILES string of the molecule is c1coc(Cn2c(NC3CCN(CCNc4nc5ccncc5[nH]4)CC3)nc3ccccc32)c1. The van der Waals surface area contributed by atoms with Gasteiger partial charge in [-0.1, -0.05) is 12.1 Å². The number of fused-ring (bicyclic) bond motifs is 2. The highest BCUT2D eigenvalue weighted by molar-refractivity contribution is 5.79. The van der Waals surface area contributed by atoms with E-state index in [1.807, 2.05) is 24.3 Å². The van der Waals surface area contributed by atoms with Crippen molar-refractivity contribution < 1.29 is 4.42 Å². The molecule has 0 radical (unpaired) electrons. The maximum absolute atomic E-state index is 5.60. The molecule has 0 amide bonds. The number of pyridine rings is 1. The van der Waals surface area contributed by atoms with Gasteiger partial charge in [0.1, 0.15) is 5.76 Å². The van der Waals surface area contributed by atoms with Crippen molar-refractivity contribution >= 4 is 34.0 Å². The molecule has 1 saturated heterocycles. The van der Waals surface area contributed by atoms with Gasteiger partial charge >= 0.3 is 0 Å². The number of aromatic nitrogens is 5. The van der Waals surface area contributed by atoms with E-state index in [2.05, 4.69) is 53.3 Å². The van der Waals surface area contributed by atoms with Gasteiger partial charge in [0.2, 0.25) is 11.9 Å². The fraction of sp³-hybridized carbons (Fsp3) is 0.320. The number of benzene rings is 1. The molecule has 1 fully saturated rings. The van der Waals surface area contributed by atoms with Crippen LogP contribution in [0.5, 0.6) is 0 Å². The minimum absolute atomic E-state index is 0.402. The van der Waals surface area contributed by atoms with E-state index < -0.39 is 0 Å². The Balaban J connectivity index is 1.04. The lowest BCUT2D eigenvalue weighted by atomic mass is 10.1. The number of hydrogen-bond acceptors (Lipinski definition) is 7. The van der Waals surface area contributed by atoms with Gasteiger partial charge in [-0.25, -0.2) is 9.97 Å². The topological polar surface area (TPSA) is 99.8 Å². The molecule has 3 N–H and O–H groups in total. The van der Waals surface area contributed by atoms with Gasteiger partial charge in [0.15, 0.2) is 0 Å². The van der Waals surface area contributed by atoms with Crippen LogP contribution in [0.4, 0.5) is 11.9 Å². The van der Waals surface area contributed by atoms with Crippen LogP contribution in [0.15, 0.2) is 65.5 Å². The third-order valence-electron chi connectivity index (χ3n) is 6.47. The van der Waals surface area contributed by atoms with Crippen LogP contribution in [-0.4, -0.2) is 61.6 Å². The van der Waals surface area contributed by atoms with Crippen molar-refractivity contribution in [1.82, 2.24) is 29.4 Å². The lowest BCUT2D eigenvalue weighted by Gasteiger charge is -2.32. The highest BCUT2D eigenvalue weighted by atomic mass is 16.3. The molecule has 0 aliphatic carbocycles. The van der Waals surface area contributed by atoms with Crippen molar-refractivity contribution in [3.05, 3.63) is 66.9 Å². The fourth-order valence-corrected chi connectivity index (χ4v) is 4.66. The predicted octanol–water partition coefficient (Wildman–Crippen LogP) is 3.94. The number of furan rings is 1. The zero-order chi connectivity index (χ0) is 22.7. The first-order valence-electron chi connectivity index (χ1n) is 11.8. The Morgan fingerprint density at radius 1 is 1.03 bits per heavy atom. The molecule has 9 nitrogen and oxygen atoms in total. The second-order valence-electron chi connectivity index (χ2n) is 8.75. The first-order valence-corrected chi connectivity index (χ1v) is 11.8. The summed E-state index contributed by atoms with van der Waals surface area (Å²) in [5.74, 6) is 2.64. The monoisotopic (exact) mass is 456 g/mol. The van der Waals surface area contributed by atoms with Gasteiger partial charge < -0.3 is 29.5 Å². The number of anilines is 2. The summed E-state index contributed by atoms with van der Waals surface area (Å²) in [7, 11) is 0. The molecule has 9 heteroatoms. The van der Waals surface area contributed by atoms with Crippen LogP contribution < -0.4 is 10.6 Å². The van der Waals surface area contributed by atoms with Gasteiger partial charge in [-0.05, 0) is 43.2 Å².